The lowest BCUT2D eigenvalue weighted by molar-refractivity contribution is 0.633. The smallest absolute Gasteiger partial charge is 0.298 e. The lowest BCUT2D eigenvalue weighted by atomic mass is 10.2. The Bertz CT molecular complexity index is 1340. The molecule has 0 aliphatic rings. The molecule has 3 aromatic heterocycles. The van der Waals surface area contributed by atoms with E-state index < -0.39 is 0 Å². The first-order chi connectivity index (χ1) is 13.8. The van der Waals surface area contributed by atoms with Gasteiger partial charge in [-0.2, -0.15) is 10.1 Å². The molecule has 0 spiro atoms. The Labute approximate surface area is 171 Å². The number of nitrogens with zero attached hydrogens (tertiary/aromatic N) is 6. The SMILES string of the molecule is CCn1c(=O)c2c(nc(-n3nc(C)cc3C)n2Cc2ccc(Cl)cc2)n(C)c1=O. The maximum atomic E-state index is 13.2. The van der Waals surface area contributed by atoms with E-state index in [1.54, 1.807) is 30.8 Å². The van der Waals surface area contributed by atoms with Crippen molar-refractivity contribution in [3.05, 3.63) is 73.1 Å². The summed E-state index contributed by atoms with van der Waals surface area (Å²) in [5, 5.41) is 5.17. The first kappa shape index (κ1) is 19.2. The van der Waals surface area contributed by atoms with Crippen molar-refractivity contribution in [2.24, 2.45) is 7.05 Å². The Balaban J connectivity index is 2.08. The summed E-state index contributed by atoms with van der Waals surface area (Å²) in [6, 6.07) is 9.35. The van der Waals surface area contributed by atoms with Crippen molar-refractivity contribution in [3.63, 3.8) is 0 Å². The number of fused-ring (bicyclic) bond motifs is 1. The van der Waals surface area contributed by atoms with Crippen LogP contribution in [0.2, 0.25) is 5.02 Å². The molecule has 4 aromatic rings. The van der Waals surface area contributed by atoms with Crippen LogP contribution in [0.4, 0.5) is 0 Å². The van der Waals surface area contributed by atoms with Crippen molar-refractivity contribution in [2.45, 2.75) is 33.9 Å². The molecule has 0 N–H and O–H groups in total. The summed E-state index contributed by atoms with van der Waals surface area (Å²) in [6.07, 6.45) is 0. The Morgan fingerprint density at radius 1 is 1.07 bits per heavy atom. The lowest BCUT2D eigenvalue weighted by Gasteiger charge is -2.11. The second kappa shape index (κ2) is 7.04. The zero-order valence-electron chi connectivity index (χ0n) is 16.7. The highest BCUT2D eigenvalue weighted by Crippen LogP contribution is 2.20. The number of rotatable bonds is 4. The van der Waals surface area contributed by atoms with Crippen molar-refractivity contribution < 1.29 is 0 Å². The third kappa shape index (κ3) is 3.09. The molecule has 3 heterocycles. The summed E-state index contributed by atoms with van der Waals surface area (Å²) in [5.41, 5.74) is 2.63. The fraction of sp³-hybridized carbons (Fsp3) is 0.300. The van der Waals surface area contributed by atoms with Crippen LogP contribution < -0.4 is 11.2 Å². The molecule has 0 saturated carbocycles. The van der Waals surface area contributed by atoms with Gasteiger partial charge in [0.2, 0.25) is 5.95 Å². The molecule has 150 valence electrons. The minimum Gasteiger partial charge on any atom is -0.298 e. The van der Waals surface area contributed by atoms with E-state index in [1.165, 1.54) is 9.13 Å². The molecule has 0 amide bonds. The third-order valence-electron chi connectivity index (χ3n) is 4.98. The van der Waals surface area contributed by atoms with Crippen LogP contribution in [0.15, 0.2) is 39.9 Å². The normalized spacial score (nSPS) is 11.5. The molecular weight excluding hydrogens is 392 g/mol. The largest absolute Gasteiger partial charge is 0.332 e. The number of halogens is 1. The minimum absolute atomic E-state index is 0.281. The summed E-state index contributed by atoms with van der Waals surface area (Å²) in [7, 11) is 1.63. The van der Waals surface area contributed by atoms with Crippen LogP contribution in [0, 0.1) is 13.8 Å². The average molecular weight is 413 g/mol. The number of hydrogen-bond donors (Lipinski definition) is 0. The Kier molecular flexibility index (Phi) is 4.66. The van der Waals surface area contributed by atoms with E-state index in [0.717, 1.165) is 17.0 Å². The van der Waals surface area contributed by atoms with Gasteiger partial charge in [-0.15, -0.1) is 0 Å². The summed E-state index contributed by atoms with van der Waals surface area (Å²) in [5.74, 6) is 0.488. The molecule has 0 saturated heterocycles. The van der Waals surface area contributed by atoms with Gasteiger partial charge in [-0.3, -0.25) is 18.5 Å². The van der Waals surface area contributed by atoms with Crippen molar-refractivity contribution in [2.75, 3.05) is 0 Å². The molecule has 0 aliphatic carbocycles. The second-order valence-corrected chi connectivity index (χ2v) is 7.46. The Morgan fingerprint density at radius 2 is 1.76 bits per heavy atom. The highest BCUT2D eigenvalue weighted by molar-refractivity contribution is 6.30. The van der Waals surface area contributed by atoms with E-state index in [1.807, 2.05) is 36.6 Å². The van der Waals surface area contributed by atoms with Crippen LogP contribution in [0.25, 0.3) is 17.1 Å². The summed E-state index contributed by atoms with van der Waals surface area (Å²) < 4.78 is 6.14. The van der Waals surface area contributed by atoms with E-state index in [2.05, 4.69) is 10.1 Å². The molecule has 0 atom stereocenters. The summed E-state index contributed by atoms with van der Waals surface area (Å²) >= 11 is 6.02. The molecular formula is C20H21ClN6O2. The quantitative estimate of drug-likeness (QED) is 0.515. The van der Waals surface area contributed by atoms with Gasteiger partial charge in [-0.05, 0) is 44.5 Å². The first-order valence-corrected chi connectivity index (χ1v) is 9.67. The highest BCUT2D eigenvalue weighted by atomic mass is 35.5. The molecule has 0 aliphatic heterocycles. The predicted octanol–water partition coefficient (Wildman–Crippen LogP) is 2.42. The highest BCUT2D eigenvalue weighted by Gasteiger charge is 2.22. The first-order valence-electron chi connectivity index (χ1n) is 9.30. The van der Waals surface area contributed by atoms with E-state index in [9.17, 15) is 9.59 Å². The maximum absolute atomic E-state index is 13.2. The van der Waals surface area contributed by atoms with Gasteiger partial charge >= 0.3 is 5.69 Å². The lowest BCUT2D eigenvalue weighted by Crippen LogP contribution is -2.39. The molecule has 0 unspecified atom stereocenters. The predicted molar refractivity (Wildman–Crippen MR) is 112 cm³/mol. The van der Waals surface area contributed by atoms with Gasteiger partial charge in [-0.1, -0.05) is 23.7 Å². The molecule has 4 rings (SSSR count). The number of imidazole rings is 1. The van der Waals surface area contributed by atoms with Crippen LogP contribution in [-0.4, -0.2) is 28.5 Å². The molecule has 1 aromatic carbocycles. The molecule has 0 fully saturated rings. The minimum atomic E-state index is -0.388. The fourth-order valence-electron chi connectivity index (χ4n) is 3.55. The van der Waals surface area contributed by atoms with Gasteiger partial charge in [-0.25, -0.2) is 9.48 Å². The van der Waals surface area contributed by atoms with Gasteiger partial charge in [0.25, 0.3) is 5.56 Å². The molecule has 9 heteroatoms. The van der Waals surface area contributed by atoms with Crippen molar-refractivity contribution in [1.82, 2.24) is 28.5 Å². The number of aromatic nitrogens is 6. The van der Waals surface area contributed by atoms with Gasteiger partial charge < -0.3 is 0 Å². The van der Waals surface area contributed by atoms with Crippen LogP contribution >= 0.6 is 11.6 Å². The van der Waals surface area contributed by atoms with E-state index in [-0.39, 0.29) is 17.8 Å². The maximum Gasteiger partial charge on any atom is 0.332 e. The zero-order valence-corrected chi connectivity index (χ0v) is 17.4. The van der Waals surface area contributed by atoms with Crippen molar-refractivity contribution in [1.29, 1.82) is 0 Å². The Morgan fingerprint density at radius 3 is 2.34 bits per heavy atom. The van der Waals surface area contributed by atoms with Crippen LogP contribution in [-0.2, 0) is 20.1 Å². The molecule has 29 heavy (non-hydrogen) atoms. The molecule has 0 radical (unpaired) electrons. The van der Waals surface area contributed by atoms with Gasteiger partial charge in [0.1, 0.15) is 0 Å². The summed E-state index contributed by atoms with van der Waals surface area (Å²) in [4.78, 5) is 30.4. The Hall–Kier alpha value is -3.13. The fourth-order valence-corrected chi connectivity index (χ4v) is 3.68. The van der Waals surface area contributed by atoms with Crippen LogP contribution in [0.1, 0.15) is 23.9 Å². The average Bonchev–Trinajstić information content (AvgIpc) is 3.22. The van der Waals surface area contributed by atoms with Gasteiger partial charge in [0, 0.05) is 24.3 Å². The third-order valence-corrected chi connectivity index (χ3v) is 5.23. The number of aryl methyl sites for hydroxylation is 3. The molecule has 8 nitrogen and oxygen atoms in total. The van der Waals surface area contributed by atoms with E-state index in [4.69, 9.17) is 11.6 Å². The zero-order chi connectivity index (χ0) is 20.9. The van der Waals surface area contributed by atoms with E-state index in [0.29, 0.717) is 28.7 Å². The standard InChI is InChI=1S/C20H21ClN6O2/c1-5-25-18(28)16-17(24(4)20(25)29)22-19(27-13(3)10-12(2)23-27)26(16)11-14-6-8-15(21)9-7-14/h6-10H,5,11H2,1-4H3. The number of benzene rings is 1. The number of hydrogen-bond acceptors (Lipinski definition) is 4. The van der Waals surface area contributed by atoms with Crippen LogP contribution in [0.3, 0.4) is 0 Å². The van der Waals surface area contributed by atoms with Crippen molar-refractivity contribution in [3.8, 4) is 5.95 Å². The summed E-state index contributed by atoms with van der Waals surface area (Å²) in [6.45, 7) is 6.27. The monoisotopic (exact) mass is 412 g/mol. The van der Waals surface area contributed by atoms with Crippen LogP contribution in [0.5, 0.6) is 0 Å². The van der Waals surface area contributed by atoms with Crippen molar-refractivity contribution >= 4 is 22.8 Å². The topological polar surface area (TPSA) is 79.6 Å². The second-order valence-electron chi connectivity index (χ2n) is 7.03. The van der Waals surface area contributed by atoms with Gasteiger partial charge in [0.05, 0.1) is 12.2 Å². The molecule has 0 bridgehead atoms. The van der Waals surface area contributed by atoms with E-state index >= 15 is 0 Å². The van der Waals surface area contributed by atoms with Gasteiger partial charge in [0.15, 0.2) is 11.2 Å².